The number of nitrogens with zero attached hydrogens (tertiary/aromatic N) is 1. The lowest BCUT2D eigenvalue weighted by atomic mass is 10.0. The van der Waals surface area contributed by atoms with Crippen molar-refractivity contribution in [1.82, 2.24) is 10.2 Å². The number of hydrogen-bond donors (Lipinski definition) is 1. The number of likely N-dealkylation sites (tertiary alicyclic amines) is 1. The largest absolute Gasteiger partial charge is 0.454 e. The fraction of sp³-hybridized carbons (Fsp3) is 0.611. The minimum absolute atomic E-state index is 0.0115. The SMILES string of the molecule is O=C(NCC(c1ccc2c(c1)OCO2)N1CCCC1)C1CCCO1. The lowest BCUT2D eigenvalue weighted by molar-refractivity contribution is -0.130. The highest BCUT2D eigenvalue weighted by Crippen LogP contribution is 2.36. The zero-order chi connectivity index (χ0) is 16.4. The number of ether oxygens (including phenoxy) is 3. The topological polar surface area (TPSA) is 60.0 Å². The van der Waals surface area contributed by atoms with Gasteiger partial charge >= 0.3 is 0 Å². The molecule has 2 atom stereocenters. The summed E-state index contributed by atoms with van der Waals surface area (Å²) in [6.07, 6.45) is 3.93. The Bertz CT molecular complexity index is 595. The third kappa shape index (κ3) is 3.21. The second kappa shape index (κ2) is 6.99. The number of hydrogen-bond acceptors (Lipinski definition) is 5. The fourth-order valence-corrected chi connectivity index (χ4v) is 3.73. The van der Waals surface area contributed by atoms with Crippen LogP contribution in [0.2, 0.25) is 0 Å². The molecule has 3 aliphatic heterocycles. The first-order valence-corrected chi connectivity index (χ1v) is 8.84. The van der Waals surface area contributed by atoms with Crippen LogP contribution in [0.4, 0.5) is 0 Å². The highest BCUT2D eigenvalue weighted by atomic mass is 16.7. The van der Waals surface area contributed by atoms with Gasteiger partial charge in [0.25, 0.3) is 0 Å². The van der Waals surface area contributed by atoms with Crippen molar-refractivity contribution in [3.8, 4) is 11.5 Å². The van der Waals surface area contributed by atoms with Crippen LogP contribution < -0.4 is 14.8 Å². The highest BCUT2D eigenvalue weighted by molar-refractivity contribution is 5.81. The normalized spacial score (nSPS) is 24.2. The minimum atomic E-state index is -0.277. The Morgan fingerprint density at radius 3 is 2.83 bits per heavy atom. The van der Waals surface area contributed by atoms with Crippen molar-refractivity contribution in [3.63, 3.8) is 0 Å². The summed E-state index contributed by atoms with van der Waals surface area (Å²) in [4.78, 5) is 14.7. The van der Waals surface area contributed by atoms with Gasteiger partial charge in [-0.25, -0.2) is 0 Å². The van der Waals surface area contributed by atoms with Gasteiger partial charge in [-0.3, -0.25) is 9.69 Å². The molecule has 130 valence electrons. The van der Waals surface area contributed by atoms with Crippen LogP contribution in [0.15, 0.2) is 18.2 Å². The second-order valence-corrected chi connectivity index (χ2v) is 6.62. The summed E-state index contributed by atoms with van der Waals surface area (Å²) in [6, 6.07) is 6.24. The monoisotopic (exact) mass is 332 g/mol. The van der Waals surface area contributed by atoms with Crippen LogP contribution in [0, 0.1) is 0 Å². The summed E-state index contributed by atoms with van der Waals surface area (Å²) < 4.78 is 16.4. The molecule has 2 fully saturated rings. The summed E-state index contributed by atoms with van der Waals surface area (Å²) in [5, 5.41) is 3.09. The highest BCUT2D eigenvalue weighted by Gasteiger charge is 2.28. The van der Waals surface area contributed by atoms with E-state index in [1.165, 1.54) is 12.8 Å². The summed E-state index contributed by atoms with van der Waals surface area (Å²) in [7, 11) is 0. The molecular formula is C18H24N2O4. The molecule has 1 aromatic rings. The minimum Gasteiger partial charge on any atom is -0.454 e. The maximum absolute atomic E-state index is 12.3. The smallest absolute Gasteiger partial charge is 0.249 e. The zero-order valence-corrected chi connectivity index (χ0v) is 13.8. The van der Waals surface area contributed by atoms with Crippen LogP contribution in [0.1, 0.15) is 37.3 Å². The van der Waals surface area contributed by atoms with Gasteiger partial charge in [-0.05, 0) is 56.5 Å². The lowest BCUT2D eigenvalue weighted by Gasteiger charge is -2.28. The summed E-state index contributed by atoms with van der Waals surface area (Å²) in [5.74, 6) is 1.60. The quantitative estimate of drug-likeness (QED) is 0.892. The van der Waals surface area contributed by atoms with Crippen molar-refractivity contribution in [1.29, 1.82) is 0 Å². The average molecular weight is 332 g/mol. The number of carbonyl (C=O) groups is 1. The van der Waals surface area contributed by atoms with E-state index < -0.39 is 0 Å². The Morgan fingerprint density at radius 1 is 1.21 bits per heavy atom. The average Bonchev–Trinajstić information content (AvgIpc) is 3.35. The van der Waals surface area contributed by atoms with Crippen molar-refractivity contribution in [3.05, 3.63) is 23.8 Å². The molecule has 4 rings (SSSR count). The van der Waals surface area contributed by atoms with Gasteiger partial charge in [-0.15, -0.1) is 0 Å². The van der Waals surface area contributed by atoms with E-state index in [9.17, 15) is 4.79 Å². The van der Waals surface area contributed by atoms with E-state index in [1.54, 1.807) is 0 Å². The van der Waals surface area contributed by atoms with E-state index in [0.29, 0.717) is 13.2 Å². The molecule has 2 saturated heterocycles. The second-order valence-electron chi connectivity index (χ2n) is 6.62. The van der Waals surface area contributed by atoms with Gasteiger partial charge in [0.15, 0.2) is 11.5 Å². The third-order valence-corrected chi connectivity index (χ3v) is 5.05. The van der Waals surface area contributed by atoms with Gasteiger partial charge in [-0.2, -0.15) is 0 Å². The number of nitrogens with one attached hydrogen (secondary N) is 1. The molecule has 0 spiro atoms. The molecule has 0 bridgehead atoms. The molecule has 0 saturated carbocycles. The molecule has 6 nitrogen and oxygen atoms in total. The first kappa shape index (κ1) is 15.7. The van der Waals surface area contributed by atoms with Crippen molar-refractivity contribution < 1.29 is 19.0 Å². The van der Waals surface area contributed by atoms with E-state index in [0.717, 1.165) is 43.0 Å². The molecule has 6 heteroatoms. The van der Waals surface area contributed by atoms with Crippen molar-refractivity contribution in [2.24, 2.45) is 0 Å². The van der Waals surface area contributed by atoms with Crippen LogP contribution in [0.3, 0.4) is 0 Å². The standard InChI is InChI=1S/C18H24N2O4/c21-18(16-4-3-9-22-16)19-11-14(20-7-1-2-8-20)13-5-6-15-17(10-13)24-12-23-15/h5-6,10,14,16H,1-4,7-9,11-12H2,(H,19,21). The lowest BCUT2D eigenvalue weighted by Crippen LogP contribution is -2.40. The van der Waals surface area contributed by atoms with Gasteiger partial charge in [0.2, 0.25) is 12.7 Å². The molecule has 3 aliphatic rings. The van der Waals surface area contributed by atoms with Crippen molar-refractivity contribution in [2.75, 3.05) is 33.0 Å². The van der Waals surface area contributed by atoms with Crippen LogP contribution >= 0.6 is 0 Å². The summed E-state index contributed by atoms with van der Waals surface area (Å²) in [5.41, 5.74) is 1.16. The van der Waals surface area contributed by atoms with E-state index >= 15 is 0 Å². The van der Waals surface area contributed by atoms with Gasteiger partial charge in [0, 0.05) is 13.2 Å². The van der Waals surface area contributed by atoms with Gasteiger partial charge in [-0.1, -0.05) is 6.07 Å². The number of benzene rings is 1. The Labute approximate surface area is 142 Å². The number of carbonyl (C=O) groups excluding carboxylic acids is 1. The molecule has 1 amide bonds. The summed E-state index contributed by atoms with van der Waals surface area (Å²) >= 11 is 0. The molecule has 0 radical (unpaired) electrons. The van der Waals surface area contributed by atoms with Gasteiger partial charge in [0.05, 0.1) is 6.04 Å². The number of rotatable bonds is 5. The number of fused-ring (bicyclic) bond motifs is 1. The Balaban J connectivity index is 1.47. The number of amides is 1. The third-order valence-electron chi connectivity index (χ3n) is 5.05. The Kier molecular flexibility index (Phi) is 4.58. The molecule has 0 aromatic heterocycles. The molecule has 24 heavy (non-hydrogen) atoms. The van der Waals surface area contributed by atoms with Crippen molar-refractivity contribution in [2.45, 2.75) is 37.8 Å². The first-order valence-electron chi connectivity index (χ1n) is 8.84. The van der Waals surface area contributed by atoms with Crippen molar-refractivity contribution >= 4 is 5.91 Å². The van der Waals surface area contributed by atoms with Crippen LogP contribution in [0.25, 0.3) is 0 Å². The maximum atomic E-state index is 12.3. The van der Waals surface area contributed by atoms with Crippen LogP contribution in [0.5, 0.6) is 11.5 Å². The van der Waals surface area contributed by atoms with Crippen LogP contribution in [-0.2, 0) is 9.53 Å². The predicted octanol–water partition coefficient (Wildman–Crippen LogP) is 1.85. The van der Waals surface area contributed by atoms with E-state index in [4.69, 9.17) is 14.2 Å². The van der Waals surface area contributed by atoms with E-state index in [-0.39, 0.29) is 24.8 Å². The molecule has 2 unspecified atom stereocenters. The van der Waals surface area contributed by atoms with Gasteiger partial charge in [0.1, 0.15) is 6.10 Å². The zero-order valence-electron chi connectivity index (χ0n) is 13.8. The Hall–Kier alpha value is -1.79. The molecule has 0 aliphatic carbocycles. The van der Waals surface area contributed by atoms with Crippen LogP contribution in [-0.4, -0.2) is 49.9 Å². The molecule has 1 N–H and O–H groups in total. The molecule has 1 aromatic carbocycles. The molecule has 3 heterocycles. The molecular weight excluding hydrogens is 308 g/mol. The summed E-state index contributed by atoms with van der Waals surface area (Å²) in [6.45, 7) is 3.70. The fourth-order valence-electron chi connectivity index (χ4n) is 3.73. The van der Waals surface area contributed by atoms with Gasteiger partial charge < -0.3 is 19.5 Å². The Morgan fingerprint density at radius 2 is 2.04 bits per heavy atom. The van der Waals surface area contributed by atoms with E-state index in [2.05, 4.69) is 16.3 Å². The predicted molar refractivity (Wildman–Crippen MR) is 88.1 cm³/mol. The van der Waals surface area contributed by atoms with E-state index in [1.807, 2.05) is 12.1 Å². The first-order chi connectivity index (χ1) is 11.8. The maximum Gasteiger partial charge on any atom is 0.249 e.